The standard InChI is InChI=1S/C16H22N2O4S/c19-16-9-11-18(12-10-17-16)23(20,21)15-7-5-14(6-8-15)22-13-3-1-2-4-13/h5-8,13H,1-4,9-12H2,(H,17,19). The van der Waals surface area contributed by atoms with E-state index < -0.39 is 10.0 Å². The first-order valence-electron chi connectivity index (χ1n) is 8.09. The highest BCUT2D eigenvalue weighted by molar-refractivity contribution is 7.89. The van der Waals surface area contributed by atoms with Crippen LogP contribution in [0.1, 0.15) is 32.1 Å². The molecule has 6 nitrogen and oxygen atoms in total. The number of hydrogen-bond donors (Lipinski definition) is 1. The zero-order chi connectivity index (χ0) is 16.3. The van der Waals surface area contributed by atoms with Gasteiger partial charge in [-0.05, 0) is 49.9 Å². The van der Waals surface area contributed by atoms with Crippen LogP contribution in [0.25, 0.3) is 0 Å². The first-order chi connectivity index (χ1) is 11.1. The molecule has 1 N–H and O–H groups in total. The number of amides is 1. The minimum atomic E-state index is -3.57. The number of nitrogens with one attached hydrogen (secondary N) is 1. The summed E-state index contributed by atoms with van der Waals surface area (Å²) in [7, 11) is -3.57. The van der Waals surface area contributed by atoms with Gasteiger partial charge in [0.1, 0.15) is 5.75 Å². The van der Waals surface area contributed by atoms with Crippen molar-refractivity contribution in [3.63, 3.8) is 0 Å². The van der Waals surface area contributed by atoms with Gasteiger partial charge in [0.25, 0.3) is 0 Å². The first kappa shape index (κ1) is 16.3. The van der Waals surface area contributed by atoms with Crippen LogP contribution in [0.2, 0.25) is 0 Å². The summed E-state index contributed by atoms with van der Waals surface area (Å²) >= 11 is 0. The van der Waals surface area contributed by atoms with Crippen molar-refractivity contribution in [2.75, 3.05) is 19.6 Å². The number of carbonyl (C=O) groups excluding carboxylic acids is 1. The molecule has 1 heterocycles. The molecular weight excluding hydrogens is 316 g/mol. The van der Waals surface area contributed by atoms with Gasteiger partial charge in [0.2, 0.25) is 15.9 Å². The molecule has 0 radical (unpaired) electrons. The SMILES string of the molecule is O=C1CCN(S(=O)(=O)c2ccc(OC3CCCC3)cc2)CCN1. The smallest absolute Gasteiger partial charge is 0.243 e. The third-order valence-corrected chi connectivity index (χ3v) is 6.25. The predicted molar refractivity (Wildman–Crippen MR) is 85.7 cm³/mol. The van der Waals surface area contributed by atoms with Gasteiger partial charge in [-0.2, -0.15) is 4.31 Å². The molecule has 126 valence electrons. The Morgan fingerprint density at radius 2 is 1.78 bits per heavy atom. The molecule has 0 unspecified atom stereocenters. The topological polar surface area (TPSA) is 75.7 Å². The quantitative estimate of drug-likeness (QED) is 0.903. The van der Waals surface area contributed by atoms with E-state index in [0.29, 0.717) is 18.8 Å². The molecule has 1 aromatic rings. The Morgan fingerprint density at radius 3 is 2.48 bits per heavy atom. The summed E-state index contributed by atoms with van der Waals surface area (Å²) in [4.78, 5) is 11.6. The third kappa shape index (κ3) is 3.84. The zero-order valence-electron chi connectivity index (χ0n) is 13.0. The van der Waals surface area contributed by atoms with Crippen LogP contribution in [0, 0.1) is 0 Å². The number of carbonyl (C=O) groups is 1. The molecule has 1 aromatic carbocycles. The number of nitrogens with zero attached hydrogens (tertiary/aromatic N) is 1. The van der Waals surface area contributed by atoms with Gasteiger partial charge in [0.15, 0.2) is 0 Å². The molecule has 1 aliphatic heterocycles. The summed E-state index contributed by atoms with van der Waals surface area (Å²) in [5.41, 5.74) is 0. The normalized spacial score (nSPS) is 21.0. The molecule has 1 saturated carbocycles. The van der Waals surface area contributed by atoms with E-state index in [1.54, 1.807) is 24.3 Å². The molecule has 1 saturated heterocycles. The molecule has 23 heavy (non-hydrogen) atoms. The minimum absolute atomic E-state index is 0.108. The van der Waals surface area contributed by atoms with Crippen LogP contribution >= 0.6 is 0 Å². The van der Waals surface area contributed by atoms with Crippen LogP contribution in [0.5, 0.6) is 5.75 Å². The van der Waals surface area contributed by atoms with E-state index >= 15 is 0 Å². The van der Waals surface area contributed by atoms with Crippen molar-refractivity contribution in [1.82, 2.24) is 9.62 Å². The average molecular weight is 338 g/mol. The molecule has 7 heteroatoms. The van der Waals surface area contributed by atoms with E-state index in [0.717, 1.165) is 12.8 Å². The molecular formula is C16H22N2O4S. The largest absolute Gasteiger partial charge is 0.490 e. The summed E-state index contributed by atoms with van der Waals surface area (Å²) in [5, 5.41) is 2.68. The van der Waals surface area contributed by atoms with Gasteiger partial charge in [-0.15, -0.1) is 0 Å². The van der Waals surface area contributed by atoms with E-state index in [9.17, 15) is 13.2 Å². The molecule has 0 bridgehead atoms. The Hall–Kier alpha value is -1.60. The van der Waals surface area contributed by atoms with Gasteiger partial charge in [-0.3, -0.25) is 4.79 Å². The Labute approximate surface area is 136 Å². The second kappa shape index (κ2) is 6.88. The van der Waals surface area contributed by atoms with Crippen LogP contribution in [0.3, 0.4) is 0 Å². The van der Waals surface area contributed by atoms with Crippen LogP contribution < -0.4 is 10.1 Å². The van der Waals surface area contributed by atoms with E-state index in [1.807, 2.05) is 0 Å². The van der Waals surface area contributed by atoms with Crippen LogP contribution in [0.4, 0.5) is 0 Å². The van der Waals surface area contributed by atoms with Gasteiger partial charge in [0, 0.05) is 26.1 Å². The highest BCUT2D eigenvalue weighted by atomic mass is 32.2. The second-order valence-corrected chi connectivity index (χ2v) is 7.94. The summed E-state index contributed by atoms with van der Waals surface area (Å²) in [5.74, 6) is 0.603. The number of rotatable bonds is 4. The summed E-state index contributed by atoms with van der Waals surface area (Å²) < 4.78 is 32.5. The van der Waals surface area contributed by atoms with Gasteiger partial charge in [0.05, 0.1) is 11.0 Å². The van der Waals surface area contributed by atoms with Gasteiger partial charge in [-0.1, -0.05) is 0 Å². The fraction of sp³-hybridized carbons (Fsp3) is 0.562. The maximum absolute atomic E-state index is 12.6. The lowest BCUT2D eigenvalue weighted by Gasteiger charge is -2.19. The van der Waals surface area contributed by atoms with Gasteiger partial charge in [-0.25, -0.2) is 8.42 Å². The zero-order valence-corrected chi connectivity index (χ0v) is 13.8. The highest BCUT2D eigenvalue weighted by Crippen LogP contribution is 2.25. The highest BCUT2D eigenvalue weighted by Gasteiger charge is 2.27. The number of sulfonamides is 1. The molecule has 0 aromatic heterocycles. The van der Waals surface area contributed by atoms with Crippen molar-refractivity contribution < 1.29 is 17.9 Å². The van der Waals surface area contributed by atoms with Crippen molar-refractivity contribution in [2.45, 2.75) is 43.1 Å². The van der Waals surface area contributed by atoms with E-state index in [1.165, 1.54) is 17.1 Å². The average Bonchev–Trinajstić information content (AvgIpc) is 2.94. The van der Waals surface area contributed by atoms with Crippen LogP contribution in [0.15, 0.2) is 29.2 Å². The van der Waals surface area contributed by atoms with E-state index in [-0.39, 0.29) is 29.9 Å². The first-order valence-corrected chi connectivity index (χ1v) is 9.53. The minimum Gasteiger partial charge on any atom is -0.490 e. The van der Waals surface area contributed by atoms with E-state index in [2.05, 4.69) is 5.32 Å². The fourth-order valence-corrected chi connectivity index (χ4v) is 4.47. The van der Waals surface area contributed by atoms with Crippen molar-refractivity contribution in [3.8, 4) is 5.75 Å². The summed E-state index contributed by atoms with van der Waals surface area (Å²) in [6, 6.07) is 6.60. The molecule has 3 rings (SSSR count). The van der Waals surface area contributed by atoms with Crippen LogP contribution in [-0.4, -0.2) is 44.4 Å². The molecule has 2 fully saturated rings. The lowest BCUT2D eigenvalue weighted by molar-refractivity contribution is -0.120. The van der Waals surface area contributed by atoms with Gasteiger partial charge >= 0.3 is 0 Å². The lowest BCUT2D eigenvalue weighted by atomic mass is 10.3. The number of hydrogen-bond acceptors (Lipinski definition) is 4. The maximum Gasteiger partial charge on any atom is 0.243 e. The fourth-order valence-electron chi connectivity index (χ4n) is 3.02. The number of ether oxygens (including phenoxy) is 1. The third-order valence-electron chi connectivity index (χ3n) is 4.34. The number of benzene rings is 1. The molecule has 0 atom stereocenters. The van der Waals surface area contributed by atoms with E-state index in [4.69, 9.17) is 4.74 Å². The maximum atomic E-state index is 12.6. The second-order valence-electron chi connectivity index (χ2n) is 6.00. The summed E-state index contributed by atoms with van der Waals surface area (Å²) in [6.45, 7) is 0.865. The Balaban J connectivity index is 1.70. The molecule has 1 amide bonds. The Kier molecular flexibility index (Phi) is 4.87. The monoisotopic (exact) mass is 338 g/mol. The Bertz CT molecular complexity index is 651. The van der Waals surface area contributed by atoms with Crippen molar-refractivity contribution >= 4 is 15.9 Å². The van der Waals surface area contributed by atoms with Crippen molar-refractivity contribution in [3.05, 3.63) is 24.3 Å². The summed E-state index contributed by atoms with van der Waals surface area (Å²) in [6.07, 6.45) is 4.96. The lowest BCUT2D eigenvalue weighted by Crippen LogP contribution is -2.34. The van der Waals surface area contributed by atoms with Gasteiger partial charge < -0.3 is 10.1 Å². The predicted octanol–water partition coefficient (Wildman–Crippen LogP) is 1.52. The van der Waals surface area contributed by atoms with Crippen molar-refractivity contribution in [2.24, 2.45) is 0 Å². The van der Waals surface area contributed by atoms with Crippen LogP contribution in [-0.2, 0) is 14.8 Å². The molecule has 1 aliphatic carbocycles. The Morgan fingerprint density at radius 1 is 1.09 bits per heavy atom. The van der Waals surface area contributed by atoms with Crippen molar-refractivity contribution in [1.29, 1.82) is 0 Å². The molecule has 0 spiro atoms. The molecule has 2 aliphatic rings.